The number of hydrogen-bond donors (Lipinski definition) is 3. The number of carbonyl (C=O) groups excluding carboxylic acids is 1. The molecule has 1 atom stereocenters. The first-order valence-corrected chi connectivity index (χ1v) is 14.2. The monoisotopic (exact) mass is 571 g/mol. The number of nitrogens with two attached hydrogens (primary N) is 1. The fraction of sp³-hybridized carbons (Fsp3) is 0.310. The number of benzene rings is 3. The molecule has 1 fully saturated rings. The van der Waals surface area contributed by atoms with Crippen molar-refractivity contribution in [2.75, 3.05) is 19.3 Å². The number of nitriles is 1. The van der Waals surface area contributed by atoms with Crippen LogP contribution in [0.5, 0.6) is 0 Å². The third kappa shape index (κ3) is 8.40. The van der Waals surface area contributed by atoms with E-state index in [0.29, 0.717) is 47.2 Å². The Bertz CT molecular complexity index is 1550. The normalized spacial score (nSPS) is 15.3. The SMILES string of the molecule is CC(C)(O)Cc1ccc(-c2ccc(C(=O)N3CC[C@H](N)C3)cc2-c2ccc(C#N)c(F)c2)c(F)c1.CS(=O)(=O)O. The van der Waals surface area contributed by atoms with Gasteiger partial charge >= 0.3 is 0 Å². The van der Waals surface area contributed by atoms with Crippen LogP contribution in [-0.2, 0) is 16.5 Å². The maximum Gasteiger partial charge on any atom is 0.261 e. The van der Waals surface area contributed by atoms with Gasteiger partial charge in [0, 0.05) is 36.7 Å². The molecule has 40 heavy (non-hydrogen) atoms. The Labute approximate surface area is 232 Å². The van der Waals surface area contributed by atoms with Gasteiger partial charge < -0.3 is 15.7 Å². The van der Waals surface area contributed by atoms with E-state index < -0.39 is 27.4 Å². The van der Waals surface area contributed by atoms with Crippen molar-refractivity contribution in [3.8, 4) is 28.3 Å². The molecular formula is C29H31F2N3O5S. The maximum absolute atomic E-state index is 15.3. The maximum atomic E-state index is 15.3. The zero-order valence-corrected chi connectivity index (χ0v) is 23.2. The van der Waals surface area contributed by atoms with Gasteiger partial charge in [0.25, 0.3) is 16.0 Å². The fourth-order valence-corrected chi connectivity index (χ4v) is 4.47. The summed E-state index contributed by atoms with van der Waals surface area (Å²) in [6.07, 6.45) is 1.72. The second kappa shape index (κ2) is 12.2. The molecule has 0 aliphatic carbocycles. The molecule has 0 radical (unpaired) electrons. The van der Waals surface area contributed by atoms with Crippen LogP contribution in [0.3, 0.4) is 0 Å². The predicted molar refractivity (Wildman–Crippen MR) is 148 cm³/mol. The quantitative estimate of drug-likeness (QED) is 0.390. The summed E-state index contributed by atoms with van der Waals surface area (Å²) in [5, 5.41) is 19.2. The van der Waals surface area contributed by atoms with Gasteiger partial charge in [0.1, 0.15) is 17.7 Å². The lowest BCUT2D eigenvalue weighted by Crippen LogP contribution is -2.31. The molecule has 8 nitrogen and oxygen atoms in total. The van der Waals surface area contributed by atoms with Crippen molar-refractivity contribution < 1.29 is 31.7 Å². The van der Waals surface area contributed by atoms with Crippen LogP contribution in [0.25, 0.3) is 22.3 Å². The van der Waals surface area contributed by atoms with E-state index in [1.54, 1.807) is 61.2 Å². The first kappa shape index (κ1) is 30.8. The highest BCUT2D eigenvalue weighted by Crippen LogP contribution is 2.36. The van der Waals surface area contributed by atoms with Crippen molar-refractivity contribution in [3.05, 3.63) is 82.9 Å². The van der Waals surface area contributed by atoms with Crippen LogP contribution in [0.1, 0.15) is 41.8 Å². The Morgan fingerprint density at radius 1 is 1.07 bits per heavy atom. The summed E-state index contributed by atoms with van der Waals surface area (Å²) < 4.78 is 55.6. The van der Waals surface area contributed by atoms with E-state index in [4.69, 9.17) is 15.5 Å². The van der Waals surface area contributed by atoms with Crippen LogP contribution in [0.15, 0.2) is 54.6 Å². The van der Waals surface area contributed by atoms with Crippen molar-refractivity contribution in [1.82, 2.24) is 4.90 Å². The minimum absolute atomic E-state index is 0.0678. The summed E-state index contributed by atoms with van der Waals surface area (Å²) in [4.78, 5) is 14.8. The molecule has 3 aromatic carbocycles. The zero-order chi connectivity index (χ0) is 29.8. The van der Waals surface area contributed by atoms with Crippen LogP contribution in [0.2, 0.25) is 0 Å². The van der Waals surface area contributed by atoms with Crippen molar-refractivity contribution in [3.63, 3.8) is 0 Å². The molecule has 1 heterocycles. The molecule has 0 aromatic heterocycles. The Kier molecular flexibility index (Phi) is 9.43. The van der Waals surface area contributed by atoms with E-state index in [2.05, 4.69) is 0 Å². The molecule has 0 unspecified atom stereocenters. The smallest absolute Gasteiger partial charge is 0.261 e. The first-order chi connectivity index (χ1) is 18.6. The van der Waals surface area contributed by atoms with E-state index in [1.165, 1.54) is 18.2 Å². The van der Waals surface area contributed by atoms with Crippen LogP contribution < -0.4 is 5.73 Å². The predicted octanol–water partition coefficient (Wildman–Crippen LogP) is 4.16. The molecule has 212 valence electrons. The van der Waals surface area contributed by atoms with Crippen LogP contribution in [-0.4, -0.2) is 59.9 Å². The lowest BCUT2D eigenvalue weighted by molar-refractivity contribution is 0.0788. The van der Waals surface area contributed by atoms with Gasteiger partial charge in [-0.25, -0.2) is 8.78 Å². The van der Waals surface area contributed by atoms with E-state index in [1.807, 2.05) is 0 Å². The minimum atomic E-state index is -3.67. The number of halogens is 2. The molecule has 0 saturated carbocycles. The second-order valence-electron chi connectivity index (χ2n) is 10.4. The molecule has 3 aromatic rings. The Hall–Kier alpha value is -3.69. The fourth-order valence-electron chi connectivity index (χ4n) is 4.47. The van der Waals surface area contributed by atoms with Crippen molar-refractivity contribution in [1.29, 1.82) is 5.26 Å². The number of likely N-dealkylation sites (tertiary alicyclic amines) is 1. The highest BCUT2D eigenvalue weighted by Gasteiger charge is 2.26. The largest absolute Gasteiger partial charge is 0.390 e. The van der Waals surface area contributed by atoms with Gasteiger partial charge in [0.15, 0.2) is 0 Å². The Morgan fingerprint density at radius 3 is 2.25 bits per heavy atom. The Balaban J connectivity index is 0.000000810. The topological polar surface area (TPSA) is 145 Å². The van der Waals surface area contributed by atoms with Gasteiger partial charge in [-0.15, -0.1) is 0 Å². The summed E-state index contributed by atoms with van der Waals surface area (Å²) in [7, 11) is -3.67. The number of carbonyl (C=O) groups is 1. The number of hydrogen-bond acceptors (Lipinski definition) is 6. The van der Waals surface area contributed by atoms with Gasteiger partial charge in [-0.2, -0.15) is 13.7 Å². The molecule has 1 amide bonds. The molecule has 0 spiro atoms. The number of amides is 1. The van der Waals surface area contributed by atoms with E-state index >= 15 is 4.39 Å². The molecule has 4 N–H and O–H groups in total. The minimum Gasteiger partial charge on any atom is -0.390 e. The molecular weight excluding hydrogens is 540 g/mol. The molecule has 1 aliphatic rings. The third-order valence-corrected chi connectivity index (χ3v) is 6.14. The van der Waals surface area contributed by atoms with E-state index in [0.717, 1.165) is 6.42 Å². The van der Waals surface area contributed by atoms with Crippen molar-refractivity contribution >= 4 is 16.0 Å². The van der Waals surface area contributed by atoms with Gasteiger partial charge in [0.05, 0.1) is 17.4 Å². The number of rotatable bonds is 5. The summed E-state index contributed by atoms with van der Waals surface area (Å²) >= 11 is 0. The van der Waals surface area contributed by atoms with Gasteiger partial charge in [-0.05, 0) is 72.9 Å². The summed E-state index contributed by atoms with van der Waals surface area (Å²) in [6, 6.07) is 15.6. The highest BCUT2D eigenvalue weighted by atomic mass is 32.2. The number of nitrogens with zero attached hydrogens (tertiary/aromatic N) is 2. The summed E-state index contributed by atoms with van der Waals surface area (Å²) in [5.41, 5.74) is 7.55. The average molecular weight is 572 g/mol. The first-order valence-electron chi connectivity index (χ1n) is 12.4. The average Bonchev–Trinajstić information content (AvgIpc) is 3.27. The second-order valence-corrected chi connectivity index (χ2v) is 11.9. The summed E-state index contributed by atoms with van der Waals surface area (Å²) in [6.45, 7) is 4.32. The van der Waals surface area contributed by atoms with Crippen LogP contribution >= 0.6 is 0 Å². The highest BCUT2D eigenvalue weighted by molar-refractivity contribution is 7.85. The van der Waals surface area contributed by atoms with Crippen LogP contribution in [0, 0.1) is 23.0 Å². The van der Waals surface area contributed by atoms with Crippen molar-refractivity contribution in [2.24, 2.45) is 5.73 Å². The molecule has 1 aliphatic heterocycles. The third-order valence-electron chi connectivity index (χ3n) is 6.14. The lowest BCUT2D eigenvalue weighted by Gasteiger charge is -2.19. The van der Waals surface area contributed by atoms with Gasteiger partial charge in [0.2, 0.25) is 0 Å². The van der Waals surface area contributed by atoms with Crippen LogP contribution in [0.4, 0.5) is 8.78 Å². The molecule has 0 bridgehead atoms. The molecule has 11 heteroatoms. The van der Waals surface area contributed by atoms with E-state index in [9.17, 15) is 22.7 Å². The number of aliphatic hydroxyl groups is 1. The van der Waals surface area contributed by atoms with Gasteiger partial charge in [-0.3, -0.25) is 9.35 Å². The van der Waals surface area contributed by atoms with E-state index in [-0.39, 0.29) is 29.5 Å². The molecule has 1 saturated heterocycles. The zero-order valence-electron chi connectivity index (χ0n) is 22.4. The summed E-state index contributed by atoms with van der Waals surface area (Å²) in [5.74, 6) is -1.38. The van der Waals surface area contributed by atoms with Crippen molar-refractivity contribution in [2.45, 2.75) is 38.3 Å². The van der Waals surface area contributed by atoms with Gasteiger partial charge in [-0.1, -0.05) is 24.3 Å². The Morgan fingerprint density at radius 2 is 1.73 bits per heavy atom. The standard InChI is InChI=1S/C28H27F2N3O2.CH4O3S/c1-28(2,35)14-17-3-7-23(26(30)11-17)22-8-6-19(27(34)33-10-9-21(32)16-33)12-24(22)18-4-5-20(15-31)25(29)13-18;1-5(2,3)4/h3-8,11-13,21,35H,9-10,14,16,32H2,1-2H3;1H3,(H,2,3,4)/t21-;/m0./s1. The molecule has 4 rings (SSSR count). The lowest BCUT2D eigenvalue weighted by atomic mass is 9.90.